The fraction of sp³-hybridized carbons (Fsp3) is 0.179. The quantitative estimate of drug-likeness (QED) is 0.244. The summed E-state index contributed by atoms with van der Waals surface area (Å²) in [7, 11) is 1.63. The van der Waals surface area contributed by atoms with Crippen LogP contribution in [0.15, 0.2) is 70.6 Å². The molecule has 0 spiro atoms. The fourth-order valence-electron chi connectivity index (χ4n) is 4.08. The zero-order chi connectivity index (χ0) is 24.6. The van der Waals surface area contributed by atoms with Crippen molar-refractivity contribution in [1.29, 1.82) is 0 Å². The Bertz CT molecular complexity index is 1680. The van der Waals surface area contributed by atoms with E-state index in [2.05, 4.69) is 41.3 Å². The Kier molecular flexibility index (Phi) is 5.65. The maximum atomic E-state index is 6.22. The minimum atomic E-state index is 0.337. The van der Waals surface area contributed by atoms with E-state index in [1.807, 2.05) is 48.8 Å². The van der Waals surface area contributed by atoms with Crippen LogP contribution in [0.2, 0.25) is 0 Å². The zero-order valence-corrected chi connectivity index (χ0v) is 21.0. The van der Waals surface area contributed by atoms with E-state index in [0.29, 0.717) is 35.1 Å². The van der Waals surface area contributed by atoms with Gasteiger partial charge in [-0.3, -0.25) is 0 Å². The maximum absolute atomic E-state index is 6.22. The second-order valence-electron chi connectivity index (χ2n) is 8.53. The molecule has 36 heavy (non-hydrogen) atoms. The van der Waals surface area contributed by atoms with E-state index >= 15 is 0 Å². The molecule has 0 atom stereocenters. The van der Waals surface area contributed by atoms with Gasteiger partial charge in [-0.05, 0) is 37.1 Å². The summed E-state index contributed by atoms with van der Waals surface area (Å²) in [6.45, 7) is 4.44. The SMILES string of the molecule is CCc1ccc(-c2nc(COc3cc(OC)cc4oc(-c5cn6nc(C)ccc6n5)cc34)cs2)cc1. The van der Waals surface area contributed by atoms with Crippen LogP contribution in [0.4, 0.5) is 0 Å². The number of methoxy groups -OCH3 is 1. The molecule has 0 bridgehead atoms. The Labute approximate surface area is 212 Å². The van der Waals surface area contributed by atoms with Gasteiger partial charge in [0.05, 0.1) is 30.1 Å². The van der Waals surface area contributed by atoms with Crippen molar-refractivity contribution < 1.29 is 13.9 Å². The van der Waals surface area contributed by atoms with Crippen molar-refractivity contribution in [2.75, 3.05) is 7.11 Å². The van der Waals surface area contributed by atoms with Crippen LogP contribution in [-0.2, 0) is 13.0 Å². The molecule has 0 aliphatic carbocycles. The van der Waals surface area contributed by atoms with Crippen LogP contribution < -0.4 is 9.47 Å². The molecule has 8 heteroatoms. The molecule has 0 unspecified atom stereocenters. The molecule has 0 radical (unpaired) electrons. The first-order valence-electron chi connectivity index (χ1n) is 11.7. The normalized spacial score (nSPS) is 11.4. The van der Waals surface area contributed by atoms with Gasteiger partial charge in [-0.15, -0.1) is 11.3 Å². The summed E-state index contributed by atoms with van der Waals surface area (Å²) in [6, 6.07) is 18.1. The van der Waals surface area contributed by atoms with Crippen molar-refractivity contribution in [3.05, 3.63) is 83.1 Å². The monoisotopic (exact) mass is 496 g/mol. The standard InChI is InChI=1S/C28H24N4O3S/c1-4-18-6-8-19(9-7-18)28-29-20(16-36-28)15-34-24-11-21(33-3)12-25-22(24)13-26(35-25)23-14-32-27(30-23)10-5-17(2)31-32/h5-14,16H,4,15H2,1-3H3. The number of thiazole rings is 1. The average molecular weight is 497 g/mol. The van der Waals surface area contributed by atoms with Gasteiger partial charge >= 0.3 is 0 Å². The van der Waals surface area contributed by atoms with Gasteiger partial charge in [-0.1, -0.05) is 31.2 Å². The Hall–Kier alpha value is -4.17. The molecule has 7 nitrogen and oxygen atoms in total. The summed E-state index contributed by atoms with van der Waals surface area (Å²) in [5.41, 5.74) is 6.34. The van der Waals surface area contributed by atoms with E-state index in [4.69, 9.17) is 18.9 Å². The molecule has 0 N–H and O–H groups in total. The van der Waals surface area contributed by atoms with Gasteiger partial charge in [0.2, 0.25) is 0 Å². The Morgan fingerprint density at radius 3 is 2.69 bits per heavy atom. The molecular weight excluding hydrogens is 472 g/mol. The lowest BCUT2D eigenvalue weighted by atomic mass is 10.1. The number of fused-ring (bicyclic) bond motifs is 2. The molecule has 0 saturated heterocycles. The van der Waals surface area contributed by atoms with Crippen LogP contribution in [0, 0.1) is 6.92 Å². The Morgan fingerprint density at radius 2 is 1.89 bits per heavy atom. The van der Waals surface area contributed by atoms with E-state index in [1.54, 1.807) is 23.0 Å². The largest absolute Gasteiger partial charge is 0.496 e. The van der Waals surface area contributed by atoms with Crippen LogP contribution >= 0.6 is 11.3 Å². The molecule has 0 aliphatic heterocycles. The lowest BCUT2D eigenvalue weighted by molar-refractivity contribution is 0.303. The van der Waals surface area contributed by atoms with Crippen molar-refractivity contribution in [3.63, 3.8) is 0 Å². The minimum Gasteiger partial charge on any atom is -0.496 e. The first-order valence-corrected chi connectivity index (χ1v) is 12.6. The van der Waals surface area contributed by atoms with E-state index in [9.17, 15) is 0 Å². The average Bonchev–Trinajstić information content (AvgIpc) is 3.64. The van der Waals surface area contributed by atoms with Crippen LogP contribution in [0.5, 0.6) is 11.5 Å². The highest BCUT2D eigenvalue weighted by molar-refractivity contribution is 7.13. The van der Waals surface area contributed by atoms with Crippen LogP contribution in [0.1, 0.15) is 23.9 Å². The minimum absolute atomic E-state index is 0.337. The van der Waals surface area contributed by atoms with Crippen LogP contribution in [-0.4, -0.2) is 26.7 Å². The summed E-state index contributed by atoms with van der Waals surface area (Å²) in [6.07, 6.45) is 2.89. The smallest absolute Gasteiger partial charge is 0.155 e. The van der Waals surface area contributed by atoms with E-state index in [0.717, 1.165) is 39.4 Å². The number of rotatable bonds is 7. The third kappa shape index (κ3) is 4.20. The molecule has 4 aromatic heterocycles. The molecule has 0 fully saturated rings. The number of hydrogen-bond donors (Lipinski definition) is 0. The molecule has 180 valence electrons. The molecule has 2 aromatic carbocycles. The number of benzene rings is 2. The highest BCUT2D eigenvalue weighted by Gasteiger charge is 2.16. The van der Waals surface area contributed by atoms with E-state index in [1.165, 1.54) is 5.56 Å². The second kappa shape index (κ2) is 9.13. The van der Waals surface area contributed by atoms with Gasteiger partial charge in [0, 0.05) is 23.1 Å². The van der Waals surface area contributed by atoms with E-state index in [-0.39, 0.29) is 0 Å². The molecule has 4 heterocycles. The topological polar surface area (TPSA) is 74.7 Å². The van der Waals surface area contributed by atoms with Crippen molar-refractivity contribution >= 4 is 28.0 Å². The molecular formula is C28H24N4O3S. The maximum Gasteiger partial charge on any atom is 0.155 e. The van der Waals surface area contributed by atoms with Crippen LogP contribution in [0.25, 0.3) is 38.6 Å². The predicted octanol–water partition coefficient (Wildman–Crippen LogP) is 6.72. The summed E-state index contributed by atoms with van der Waals surface area (Å²) in [5, 5.41) is 8.34. The fourth-order valence-corrected chi connectivity index (χ4v) is 4.89. The third-order valence-corrected chi connectivity index (χ3v) is 6.99. The van der Waals surface area contributed by atoms with Gasteiger partial charge in [0.25, 0.3) is 0 Å². The molecule has 0 saturated carbocycles. The summed E-state index contributed by atoms with van der Waals surface area (Å²) in [5.74, 6) is 1.96. The number of nitrogens with zero attached hydrogens (tertiary/aromatic N) is 4. The van der Waals surface area contributed by atoms with Gasteiger partial charge in [-0.25, -0.2) is 14.5 Å². The number of hydrogen-bond acceptors (Lipinski definition) is 7. The van der Waals surface area contributed by atoms with Gasteiger partial charge in [0.15, 0.2) is 11.4 Å². The van der Waals surface area contributed by atoms with Crippen molar-refractivity contribution in [2.24, 2.45) is 0 Å². The second-order valence-corrected chi connectivity index (χ2v) is 9.39. The Balaban J connectivity index is 1.28. The summed E-state index contributed by atoms with van der Waals surface area (Å²) >= 11 is 1.62. The molecule has 0 amide bonds. The van der Waals surface area contributed by atoms with Crippen molar-refractivity contribution in [3.8, 4) is 33.5 Å². The third-order valence-electron chi connectivity index (χ3n) is 6.05. The van der Waals surface area contributed by atoms with Crippen molar-refractivity contribution in [2.45, 2.75) is 26.9 Å². The first kappa shape index (κ1) is 22.3. The molecule has 0 aliphatic rings. The highest BCUT2D eigenvalue weighted by Crippen LogP contribution is 2.37. The van der Waals surface area contributed by atoms with Gasteiger partial charge in [-0.2, -0.15) is 5.10 Å². The highest BCUT2D eigenvalue weighted by atomic mass is 32.1. The number of aromatic nitrogens is 4. The number of imidazole rings is 1. The van der Waals surface area contributed by atoms with Gasteiger partial charge in [0.1, 0.15) is 34.4 Å². The van der Waals surface area contributed by atoms with E-state index < -0.39 is 0 Å². The van der Waals surface area contributed by atoms with Gasteiger partial charge < -0.3 is 13.9 Å². The number of aryl methyl sites for hydroxylation is 2. The Morgan fingerprint density at radius 1 is 1.03 bits per heavy atom. The first-order chi connectivity index (χ1) is 17.6. The lowest BCUT2D eigenvalue weighted by Gasteiger charge is -2.08. The molecule has 6 rings (SSSR count). The number of furan rings is 1. The zero-order valence-electron chi connectivity index (χ0n) is 20.2. The lowest BCUT2D eigenvalue weighted by Crippen LogP contribution is -1.97. The molecule has 6 aromatic rings. The predicted molar refractivity (Wildman–Crippen MR) is 141 cm³/mol. The van der Waals surface area contributed by atoms with Crippen molar-refractivity contribution in [1.82, 2.24) is 19.6 Å². The van der Waals surface area contributed by atoms with Crippen LogP contribution in [0.3, 0.4) is 0 Å². The summed E-state index contributed by atoms with van der Waals surface area (Å²) in [4.78, 5) is 9.43. The number of ether oxygens (including phenoxy) is 2. The summed E-state index contributed by atoms with van der Waals surface area (Å²) < 4.78 is 19.6.